The van der Waals surface area contributed by atoms with E-state index in [-0.39, 0.29) is 0 Å². The first-order chi connectivity index (χ1) is 8.54. The summed E-state index contributed by atoms with van der Waals surface area (Å²) in [5.41, 5.74) is 4.35. The number of hydrogen-bond acceptors (Lipinski definition) is 1. The molecule has 0 aliphatic carbocycles. The molecular weight excluding hydrogens is 218 g/mol. The van der Waals surface area contributed by atoms with Gasteiger partial charge in [-0.25, -0.2) is 0 Å². The van der Waals surface area contributed by atoms with Gasteiger partial charge in [-0.2, -0.15) is 5.26 Å². The Morgan fingerprint density at radius 2 is 1.56 bits per heavy atom. The highest BCUT2D eigenvalue weighted by Gasteiger charge is 2.19. The zero-order valence-corrected chi connectivity index (χ0v) is 11.1. The monoisotopic (exact) mass is 235 g/mol. The summed E-state index contributed by atoms with van der Waals surface area (Å²) in [5, 5.41) is 9.13. The molecule has 0 spiro atoms. The quantitative estimate of drug-likeness (QED) is 0.753. The Morgan fingerprint density at radius 1 is 0.944 bits per heavy atom. The van der Waals surface area contributed by atoms with Gasteiger partial charge in [0.1, 0.15) is 0 Å². The molecule has 2 aromatic carbocycles. The van der Waals surface area contributed by atoms with Gasteiger partial charge in [0.25, 0.3) is 0 Å². The van der Waals surface area contributed by atoms with E-state index in [1.54, 1.807) is 0 Å². The van der Waals surface area contributed by atoms with E-state index < -0.39 is 5.41 Å². The molecule has 2 rings (SSSR count). The lowest BCUT2D eigenvalue weighted by Gasteiger charge is -2.16. The van der Waals surface area contributed by atoms with E-state index in [1.807, 2.05) is 32.0 Å². The van der Waals surface area contributed by atoms with Crippen LogP contribution < -0.4 is 0 Å². The lowest BCUT2D eigenvalue weighted by Crippen LogP contribution is -2.13. The van der Waals surface area contributed by atoms with Crippen molar-refractivity contribution >= 4 is 0 Å². The fourth-order valence-corrected chi connectivity index (χ4v) is 2.03. The van der Waals surface area contributed by atoms with Gasteiger partial charge in [-0.05, 0) is 43.0 Å². The average molecular weight is 235 g/mol. The maximum absolute atomic E-state index is 9.13. The second-order valence-corrected chi connectivity index (χ2v) is 5.13. The second-order valence-electron chi connectivity index (χ2n) is 5.13. The molecule has 0 aromatic heterocycles. The van der Waals surface area contributed by atoms with Crippen LogP contribution in [-0.2, 0) is 5.41 Å². The Kier molecular flexibility index (Phi) is 3.21. The SMILES string of the molecule is Cc1ccccc1-c1ccc(C(C)(C)C#N)cc1. The Balaban J connectivity index is 2.41. The second kappa shape index (κ2) is 4.66. The summed E-state index contributed by atoms with van der Waals surface area (Å²) in [6.07, 6.45) is 0. The predicted molar refractivity (Wildman–Crippen MR) is 75.3 cm³/mol. The maximum atomic E-state index is 9.13. The summed E-state index contributed by atoms with van der Waals surface area (Å²) in [4.78, 5) is 0. The topological polar surface area (TPSA) is 23.8 Å². The van der Waals surface area contributed by atoms with Crippen LogP contribution in [0.1, 0.15) is 25.0 Å². The van der Waals surface area contributed by atoms with Crippen molar-refractivity contribution in [1.29, 1.82) is 5.26 Å². The molecule has 1 nitrogen and oxygen atoms in total. The van der Waals surface area contributed by atoms with Gasteiger partial charge in [-0.1, -0.05) is 48.5 Å². The highest BCUT2D eigenvalue weighted by atomic mass is 14.3. The first-order valence-electron chi connectivity index (χ1n) is 6.12. The molecular formula is C17H17N. The zero-order chi connectivity index (χ0) is 13.2. The van der Waals surface area contributed by atoms with E-state index in [4.69, 9.17) is 5.26 Å². The van der Waals surface area contributed by atoms with Crippen LogP contribution in [0.15, 0.2) is 48.5 Å². The molecule has 1 heteroatoms. The van der Waals surface area contributed by atoms with E-state index in [2.05, 4.69) is 43.3 Å². The highest BCUT2D eigenvalue weighted by Crippen LogP contribution is 2.27. The molecule has 18 heavy (non-hydrogen) atoms. The standard InChI is InChI=1S/C17H17N/c1-13-6-4-5-7-16(13)14-8-10-15(11-9-14)17(2,3)12-18/h4-11H,1-3H3. The van der Waals surface area contributed by atoms with Crippen molar-refractivity contribution < 1.29 is 0 Å². The van der Waals surface area contributed by atoms with Gasteiger partial charge in [-0.3, -0.25) is 0 Å². The Morgan fingerprint density at radius 3 is 2.11 bits per heavy atom. The van der Waals surface area contributed by atoms with E-state index in [1.165, 1.54) is 16.7 Å². The zero-order valence-electron chi connectivity index (χ0n) is 11.1. The summed E-state index contributed by atoms with van der Waals surface area (Å²) in [6, 6.07) is 18.9. The minimum Gasteiger partial charge on any atom is -0.197 e. The average Bonchev–Trinajstić information content (AvgIpc) is 2.39. The third kappa shape index (κ3) is 2.28. The largest absolute Gasteiger partial charge is 0.197 e. The maximum Gasteiger partial charge on any atom is 0.0766 e. The first-order valence-corrected chi connectivity index (χ1v) is 6.12. The van der Waals surface area contributed by atoms with E-state index in [9.17, 15) is 0 Å². The third-order valence-corrected chi connectivity index (χ3v) is 3.34. The molecule has 0 heterocycles. The molecule has 0 unspecified atom stereocenters. The van der Waals surface area contributed by atoms with Crippen molar-refractivity contribution in [3.63, 3.8) is 0 Å². The van der Waals surface area contributed by atoms with Gasteiger partial charge in [0.15, 0.2) is 0 Å². The van der Waals surface area contributed by atoms with Crippen LogP contribution in [0.2, 0.25) is 0 Å². The summed E-state index contributed by atoms with van der Waals surface area (Å²) in [7, 11) is 0. The molecule has 0 aliphatic heterocycles. The molecule has 0 aliphatic rings. The lowest BCUT2D eigenvalue weighted by atomic mass is 9.85. The number of benzene rings is 2. The smallest absolute Gasteiger partial charge is 0.0766 e. The molecule has 0 bridgehead atoms. The van der Waals surface area contributed by atoms with Crippen LogP contribution in [0.3, 0.4) is 0 Å². The fourth-order valence-electron chi connectivity index (χ4n) is 2.03. The van der Waals surface area contributed by atoms with Crippen molar-refractivity contribution in [3.8, 4) is 17.2 Å². The minimum absolute atomic E-state index is 0.426. The summed E-state index contributed by atoms with van der Waals surface area (Å²) >= 11 is 0. The van der Waals surface area contributed by atoms with E-state index in [0.717, 1.165) is 5.56 Å². The summed E-state index contributed by atoms with van der Waals surface area (Å²) < 4.78 is 0. The lowest BCUT2D eigenvalue weighted by molar-refractivity contribution is 0.687. The summed E-state index contributed by atoms with van der Waals surface area (Å²) in [5.74, 6) is 0. The molecule has 0 saturated heterocycles. The molecule has 0 atom stereocenters. The van der Waals surface area contributed by atoms with Gasteiger partial charge in [0.2, 0.25) is 0 Å². The van der Waals surface area contributed by atoms with Gasteiger partial charge in [0, 0.05) is 0 Å². The minimum atomic E-state index is -0.426. The first kappa shape index (κ1) is 12.4. The number of nitrogens with zero attached hydrogens (tertiary/aromatic N) is 1. The third-order valence-electron chi connectivity index (χ3n) is 3.34. The van der Waals surface area contributed by atoms with Crippen molar-refractivity contribution in [2.24, 2.45) is 0 Å². The molecule has 0 saturated carbocycles. The molecule has 0 N–H and O–H groups in total. The van der Waals surface area contributed by atoms with Gasteiger partial charge in [0.05, 0.1) is 11.5 Å². The summed E-state index contributed by atoms with van der Waals surface area (Å²) in [6.45, 7) is 5.99. The van der Waals surface area contributed by atoms with Crippen LogP contribution in [-0.4, -0.2) is 0 Å². The van der Waals surface area contributed by atoms with Gasteiger partial charge in [-0.15, -0.1) is 0 Å². The van der Waals surface area contributed by atoms with Crippen LogP contribution in [0, 0.1) is 18.3 Å². The molecule has 0 fully saturated rings. The number of aryl methyl sites for hydroxylation is 1. The number of rotatable bonds is 2. The molecule has 2 aromatic rings. The van der Waals surface area contributed by atoms with Crippen molar-refractivity contribution in [3.05, 3.63) is 59.7 Å². The number of hydrogen-bond donors (Lipinski definition) is 0. The fraction of sp³-hybridized carbons (Fsp3) is 0.235. The van der Waals surface area contributed by atoms with Crippen LogP contribution in [0.4, 0.5) is 0 Å². The van der Waals surface area contributed by atoms with Crippen LogP contribution in [0.25, 0.3) is 11.1 Å². The molecule has 0 amide bonds. The van der Waals surface area contributed by atoms with E-state index >= 15 is 0 Å². The van der Waals surface area contributed by atoms with Gasteiger partial charge >= 0.3 is 0 Å². The predicted octanol–water partition coefficient (Wildman–Crippen LogP) is 4.46. The molecule has 90 valence electrons. The molecule has 0 radical (unpaired) electrons. The normalized spacial score (nSPS) is 11.0. The number of nitriles is 1. The van der Waals surface area contributed by atoms with Crippen LogP contribution >= 0.6 is 0 Å². The van der Waals surface area contributed by atoms with Gasteiger partial charge < -0.3 is 0 Å². The van der Waals surface area contributed by atoms with Crippen molar-refractivity contribution in [2.45, 2.75) is 26.2 Å². The van der Waals surface area contributed by atoms with Crippen molar-refractivity contribution in [1.82, 2.24) is 0 Å². The van der Waals surface area contributed by atoms with E-state index in [0.29, 0.717) is 0 Å². The Bertz CT molecular complexity index is 586. The highest BCUT2D eigenvalue weighted by molar-refractivity contribution is 5.67. The Hall–Kier alpha value is -2.07. The van der Waals surface area contributed by atoms with Crippen molar-refractivity contribution in [2.75, 3.05) is 0 Å². The van der Waals surface area contributed by atoms with Crippen LogP contribution in [0.5, 0.6) is 0 Å². The Labute approximate surface area is 109 Å².